The molecule has 2 fully saturated rings. The SMILES string of the molecule is C[C@@H](O[C@H]1CCC([C@H]2CCC(=O)N2)[C@@H]1c1ccc(F)cc1)c1cc(C(F)(F)F)cc(C(F)(F)F)c1. The van der Waals surface area contributed by atoms with Crippen LogP contribution in [0.15, 0.2) is 42.5 Å². The fourth-order valence-corrected chi connectivity index (χ4v) is 5.26. The van der Waals surface area contributed by atoms with Crippen molar-refractivity contribution in [1.29, 1.82) is 0 Å². The van der Waals surface area contributed by atoms with Crippen molar-refractivity contribution in [1.82, 2.24) is 5.32 Å². The lowest BCUT2D eigenvalue weighted by atomic mass is 9.82. The second kappa shape index (κ2) is 9.44. The molecule has 0 aromatic heterocycles. The van der Waals surface area contributed by atoms with E-state index in [1.54, 1.807) is 12.1 Å². The van der Waals surface area contributed by atoms with Crippen molar-refractivity contribution < 1.29 is 40.3 Å². The molecule has 1 heterocycles. The average molecular weight is 503 g/mol. The lowest BCUT2D eigenvalue weighted by Gasteiger charge is -2.31. The summed E-state index contributed by atoms with van der Waals surface area (Å²) in [4.78, 5) is 11.8. The van der Waals surface area contributed by atoms with E-state index < -0.39 is 41.5 Å². The second-order valence-electron chi connectivity index (χ2n) is 9.19. The fraction of sp³-hybridized carbons (Fsp3) is 0.480. The quantitative estimate of drug-likeness (QED) is 0.457. The Morgan fingerprint density at radius 3 is 2.03 bits per heavy atom. The predicted molar refractivity (Wildman–Crippen MR) is 113 cm³/mol. The molecule has 1 aliphatic heterocycles. The van der Waals surface area contributed by atoms with Gasteiger partial charge in [-0.15, -0.1) is 0 Å². The zero-order chi connectivity index (χ0) is 25.5. The van der Waals surface area contributed by atoms with E-state index in [4.69, 9.17) is 4.74 Å². The molecule has 0 bridgehead atoms. The van der Waals surface area contributed by atoms with Gasteiger partial charge in [0.05, 0.1) is 23.3 Å². The van der Waals surface area contributed by atoms with Gasteiger partial charge in [-0.05, 0) is 73.6 Å². The molecule has 2 aromatic rings. The number of hydrogen-bond acceptors (Lipinski definition) is 2. The molecule has 190 valence electrons. The Kier molecular flexibility index (Phi) is 6.87. The summed E-state index contributed by atoms with van der Waals surface area (Å²) in [6.07, 6.45) is -9.38. The van der Waals surface area contributed by atoms with Gasteiger partial charge in [0.15, 0.2) is 0 Å². The number of rotatable bonds is 5. The van der Waals surface area contributed by atoms with E-state index in [1.165, 1.54) is 19.1 Å². The number of hydrogen-bond donors (Lipinski definition) is 1. The summed E-state index contributed by atoms with van der Waals surface area (Å²) in [7, 11) is 0. The van der Waals surface area contributed by atoms with Gasteiger partial charge in [-0.25, -0.2) is 4.39 Å². The molecular weight excluding hydrogens is 479 g/mol. The number of benzene rings is 2. The van der Waals surface area contributed by atoms with Crippen LogP contribution < -0.4 is 5.32 Å². The molecule has 2 aromatic carbocycles. The Bertz CT molecular complexity index is 1030. The average Bonchev–Trinajstić information content (AvgIpc) is 3.39. The molecule has 4 rings (SSSR count). The molecule has 1 N–H and O–H groups in total. The molecule has 1 amide bonds. The van der Waals surface area contributed by atoms with Crippen molar-refractivity contribution in [3.8, 4) is 0 Å². The third-order valence-electron chi connectivity index (χ3n) is 6.91. The zero-order valence-electron chi connectivity index (χ0n) is 18.7. The molecular formula is C25H24F7NO2. The van der Waals surface area contributed by atoms with Crippen molar-refractivity contribution in [3.05, 3.63) is 70.5 Å². The summed E-state index contributed by atoms with van der Waals surface area (Å²) in [5.74, 6) is -0.883. The van der Waals surface area contributed by atoms with E-state index in [-0.39, 0.29) is 35.4 Å². The minimum atomic E-state index is -4.95. The Balaban J connectivity index is 1.64. The monoisotopic (exact) mass is 503 g/mol. The highest BCUT2D eigenvalue weighted by atomic mass is 19.4. The number of nitrogens with one attached hydrogen (secondary N) is 1. The third kappa shape index (κ3) is 5.63. The standard InChI is InChI=1S/C25H24F7NO2/c1-13(15-10-16(24(27,28)29)12-17(11-15)25(30,31)32)35-21-8-6-19(20-7-9-22(34)33-20)23(21)14-2-4-18(26)5-3-14/h2-5,10-13,19-21,23H,6-9H2,1H3,(H,33,34)/t13-,19?,20-,21+,23+/m1/s1. The lowest BCUT2D eigenvalue weighted by molar-refractivity contribution is -0.143. The summed E-state index contributed by atoms with van der Waals surface area (Å²) < 4.78 is 99.5. The van der Waals surface area contributed by atoms with Crippen LogP contribution in [0.3, 0.4) is 0 Å². The van der Waals surface area contributed by atoms with Gasteiger partial charge in [0.2, 0.25) is 5.91 Å². The number of ether oxygens (including phenoxy) is 1. The Labute approximate surface area is 197 Å². The minimum Gasteiger partial charge on any atom is -0.370 e. The van der Waals surface area contributed by atoms with Crippen LogP contribution in [0.25, 0.3) is 0 Å². The summed E-state index contributed by atoms with van der Waals surface area (Å²) >= 11 is 0. The molecule has 1 unspecified atom stereocenters. The first-order valence-electron chi connectivity index (χ1n) is 11.3. The smallest absolute Gasteiger partial charge is 0.370 e. The maximum Gasteiger partial charge on any atom is 0.416 e. The first-order chi connectivity index (χ1) is 16.3. The molecule has 1 saturated heterocycles. The van der Waals surface area contributed by atoms with Gasteiger partial charge >= 0.3 is 12.4 Å². The first-order valence-corrected chi connectivity index (χ1v) is 11.3. The lowest BCUT2D eigenvalue weighted by Crippen LogP contribution is -2.36. The molecule has 10 heteroatoms. The molecule has 0 spiro atoms. The number of carbonyl (C=O) groups is 1. The number of carbonyl (C=O) groups excluding carboxylic acids is 1. The Morgan fingerprint density at radius 2 is 1.51 bits per heavy atom. The van der Waals surface area contributed by atoms with Gasteiger partial charge in [0.25, 0.3) is 0 Å². The topological polar surface area (TPSA) is 38.3 Å². The van der Waals surface area contributed by atoms with E-state index in [0.29, 0.717) is 37.8 Å². The minimum absolute atomic E-state index is 0.0589. The van der Waals surface area contributed by atoms with Crippen LogP contribution in [0.2, 0.25) is 0 Å². The van der Waals surface area contributed by atoms with Gasteiger partial charge in [-0.1, -0.05) is 12.1 Å². The van der Waals surface area contributed by atoms with E-state index in [1.807, 2.05) is 0 Å². The molecule has 3 nitrogen and oxygen atoms in total. The van der Waals surface area contributed by atoms with Crippen LogP contribution in [0.5, 0.6) is 0 Å². The molecule has 35 heavy (non-hydrogen) atoms. The Morgan fingerprint density at radius 1 is 0.914 bits per heavy atom. The zero-order valence-corrected chi connectivity index (χ0v) is 18.7. The van der Waals surface area contributed by atoms with Crippen LogP contribution in [0.4, 0.5) is 30.7 Å². The van der Waals surface area contributed by atoms with Crippen molar-refractivity contribution >= 4 is 5.91 Å². The van der Waals surface area contributed by atoms with Gasteiger partial charge in [-0.3, -0.25) is 4.79 Å². The van der Waals surface area contributed by atoms with E-state index in [2.05, 4.69) is 5.32 Å². The van der Waals surface area contributed by atoms with E-state index >= 15 is 0 Å². The second-order valence-corrected chi connectivity index (χ2v) is 9.19. The van der Waals surface area contributed by atoms with Crippen LogP contribution in [0.1, 0.15) is 66.9 Å². The van der Waals surface area contributed by atoms with Crippen LogP contribution in [0, 0.1) is 11.7 Å². The highest BCUT2D eigenvalue weighted by Gasteiger charge is 2.45. The summed E-state index contributed by atoms with van der Waals surface area (Å²) in [6, 6.07) is 7.09. The molecule has 5 atom stereocenters. The van der Waals surface area contributed by atoms with Crippen LogP contribution >= 0.6 is 0 Å². The highest BCUT2D eigenvalue weighted by molar-refractivity contribution is 5.78. The van der Waals surface area contributed by atoms with Gasteiger partial charge < -0.3 is 10.1 Å². The molecule has 1 saturated carbocycles. The maximum atomic E-state index is 13.5. The Hall–Kier alpha value is -2.62. The normalized spacial score (nSPS) is 26.1. The van der Waals surface area contributed by atoms with E-state index in [0.717, 1.165) is 5.56 Å². The summed E-state index contributed by atoms with van der Waals surface area (Å²) in [6.45, 7) is 1.42. The number of alkyl halides is 6. The summed E-state index contributed by atoms with van der Waals surface area (Å²) in [5.41, 5.74) is -2.29. The molecule has 1 aliphatic carbocycles. The van der Waals surface area contributed by atoms with Gasteiger partial charge in [0.1, 0.15) is 5.82 Å². The van der Waals surface area contributed by atoms with Crippen LogP contribution in [-0.4, -0.2) is 18.1 Å². The highest BCUT2D eigenvalue weighted by Crippen LogP contribution is 2.47. The van der Waals surface area contributed by atoms with Crippen molar-refractivity contribution in [2.75, 3.05) is 0 Å². The maximum absolute atomic E-state index is 13.5. The number of amides is 1. The number of halogens is 7. The van der Waals surface area contributed by atoms with Crippen molar-refractivity contribution in [2.45, 2.75) is 69.1 Å². The first kappa shape index (κ1) is 25.5. The predicted octanol–water partition coefficient (Wildman–Crippen LogP) is 6.78. The van der Waals surface area contributed by atoms with Crippen molar-refractivity contribution in [3.63, 3.8) is 0 Å². The molecule has 0 radical (unpaired) electrons. The van der Waals surface area contributed by atoms with Crippen molar-refractivity contribution in [2.24, 2.45) is 5.92 Å². The summed E-state index contributed by atoms with van der Waals surface area (Å²) in [5, 5.41) is 2.94. The van der Waals surface area contributed by atoms with Gasteiger partial charge in [-0.2, -0.15) is 26.3 Å². The van der Waals surface area contributed by atoms with E-state index in [9.17, 15) is 35.5 Å². The molecule has 2 aliphatic rings. The third-order valence-corrected chi connectivity index (χ3v) is 6.91. The van der Waals surface area contributed by atoms with Crippen LogP contribution in [-0.2, 0) is 21.9 Å². The van der Waals surface area contributed by atoms with Gasteiger partial charge in [0, 0.05) is 18.4 Å². The fourth-order valence-electron chi connectivity index (χ4n) is 5.26. The largest absolute Gasteiger partial charge is 0.416 e.